The first-order valence-electron chi connectivity index (χ1n) is 10.6. The van der Waals surface area contributed by atoms with E-state index in [1.54, 1.807) is 11.6 Å². The van der Waals surface area contributed by atoms with E-state index in [0.29, 0.717) is 30.5 Å². The van der Waals surface area contributed by atoms with Crippen LogP contribution in [0.3, 0.4) is 0 Å². The number of ether oxygens (including phenoxy) is 1. The molecule has 32 heavy (non-hydrogen) atoms. The van der Waals surface area contributed by atoms with Crippen molar-refractivity contribution < 1.29 is 9.53 Å². The number of morpholine rings is 1. The average Bonchev–Trinajstić information content (AvgIpc) is 2.81. The molecule has 0 radical (unpaired) electrons. The number of carbonyl (C=O) groups is 1. The van der Waals surface area contributed by atoms with Crippen LogP contribution in [0.15, 0.2) is 65.5 Å². The van der Waals surface area contributed by atoms with Crippen LogP contribution in [0.25, 0.3) is 5.69 Å². The largest absolute Gasteiger partial charge is 0.379 e. The molecule has 1 aliphatic rings. The molecule has 1 amide bonds. The molecular weight excluding hydrogens is 428 g/mol. The van der Waals surface area contributed by atoms with E-state index in [1.807, 2.05) is 54.6 Å². The highest BCUT2D eigenvalue weighted by Gasteiger charge is 2.26. The van der Waals surface area contributed by atoms with Gasteiger partial charge in [-0.2, -0.15) is 5.10 Å². The topological polar surface area (TPSA) is 76.5 Å². The van der Waals surface area contributed by atoms with Crippen molar-refractivity contribution in [2.45, 2.75) is 13.0 Å². The smallest absolute Gasteiger partial charge is 0.275 e. The number of carbonyl (C=O) groups excluding carboxylic acids is 1. The third kappa shape index (κ3) is 4.91. The normalized spacial score (nSPS) is 15.3. The van der Waals surface area contributed by atoms with Crippen LogP contribution in [0.1, 0.15) is 27.8 Å². The Morgan fingerprint density at radius 2 is 1.81 bits per heavy atom. The van der Waals surface area contributed by atoms with Gasteiger partial charge in [-0.1, -0.05) is 48.0 Å². The summed E-state index contributed by atoms with van der Waals surface area (Å²) in [6.07, 6.45) is 0. The number of benzene rings is 2. The van der Waals surface area contributed by atoms with Gasteiger partial charge >= 0.3 is 0 Å². The van der Waals surface area contributed by atoms with Gasteiger partial charge in [-0.3, -0.25) is 14.5 Å². The van der Waals surface area contributed by atoms with Crippen LogP contribution in [-0.2, 0) is 4.74 Å². The van der Waals surface area contributed by atoms with Crippen LogP contribution in [0.4, 0.5) is 0 Å². The summed E-state index contributed by atoms with van der Waals surface area (Å²) in [5, 5.41) is 7.90. The lowest BCUT2D eigenvalue weighted by Gasteiger charge is -2.35. The second-order valence-electron chi connectivity index (χ2n) is 7.64. The van der Waals surface area contributed by atoms with Gasteiger partial charge in [-0.25, -0.2) is 4.68 Å². The fraction of sp³-hybridized carbons (Fsp3) is 0.292. The number of para-hydroxylation sites is 1. The van der Waals surface area contributed by atoms with E-state index in [9.17, 15) is 9.59 Å². The highest BCUT2D eigenvalue weighted by Crippen LogP contribution is 2.27. The quantitative estimate of drug-likeness (QED) is 0.622. The first-order chi connectivity index (χ1) is 15.5. The van der Waals surface area contributed by atoms with Crippen LogP contribution in [-0.4, -0.2) is 53.4 Å². The first-order valence-corrected chi connectivity index (χ1v) is 10.9. The average molecular weight is 453 g/mol. The lowest BCUT2D eigenvalue weighted by molar-refractivity contribution is 0.0162. The molecule has 8 heteroatoms. The van der Waals surface area contributed by atoms with Gasteiger partial charge in [0.2, 0.25) is 5.43 Å². The molecule has 7 nitrogen and oxygen atoms in total. The molecule has 0 spiro atoms. The Kier molecular flexibility index (Phi) is 6.99. The minimum absolute atomic E-state index is 0.140. The Morgan fingerprint density at radius 3 is 2.53 bits per heavy atom. The monoisotopic (exact) mass is 452 g/mol. The summed E-state index contributed by atoms with van der Waals surface area (Å²) in [6.45, 7) is 4.79. The van der Waals surface area contributed by atoms with Crippen molar-refractivity contribution >= 4 is 17.5 Å². The zero-order valence-electron chi connectivity index (χ0n) is 17.8. The van der Waals surface area contributed by atoms with Crippen LogP contribution in [0.5, 0.6) is 0 Å². The van der Waals surface area contributed by atoms with E-state index >= 15 is 0 Å². The highest BCUT2D eigenvalue weighted by molar-refractivity contribution is 6.31. The number of nitrogens with zero attached hydrogens (tertiary/aromatic N) is 3. The van der Waals surface area contributed by atoms with E-state index in [1.165, 1.54) is 6.07 Å². The summed E-state index contributed by atoms with van der Waals surface area (Å²) in [5.74, 6) is -0.509. The van der Waals surface area contributed by atoms with Crippen LogP contribution >= 0.6 is 11.6 Å². The lowest BCUT2D eigenvalue weighted by Crippen LogP contribution is -2.44. The number of amides is 1. The molecule has 1 unspecified atom stereocenters. The molecule has 1 N–H and O–H groups in total. The Labute approximate surface area is 191 Å². The second kappa shape index (κ2) is 10.1. The summed E-state index contributed by atoms with van der Waals surface area (Å²) in [7, 11) is 0. The maximum atomic E-state index is 13.0. The molecule has 3 aromatic rings. The predicted octanol–water partition coefficient (Wildman–Crippen LogP) is 3.00. The van der Waals surface area contributed by atoms with Crippen molar-refractivity contribution in [2.24, 2.45) is 0 Å². The van der Waals surface area contributed by atoms with Crippen LogP contribution in [0, 0.1) is 6.92 Å². The minimum atomic E-state index is -0.509. The number of hydrogen-bond donors (Lipinski definition) is 1. The predicted molar refractivity (Wildman–Crippen MR) is 123 cm³/mol. The summed E-state index contributed by atoms with van der Waals surface area (Å²) in [4.78, 5) is 27.8. The van der Waals surface area contributed by atoms with E-state index < -0.39 is 11.3 Å². The third-order valence-corrected chi connectivity index (χ3v) is 5.87. The Hall–Kier alpha value is -3.00. The fourth-order valence-corrected chi connectivity index (χ4v) is 4.14. The first kappa shape index (κ1) is 22.2. The van der Waals surface area contributed by atoms with E-state index in [0.717, 1.165) is 24.3 Å². The number of rotatable bonds is 6. The van der Waals surface area contributed by atoms with Crippen molar-refractivity contribution in [3.63, 3.8) is 0 Å². The number of aryl methyl sites for hydroxylation is 1. The molecule has 1 atom stereocenters. The molecule has 0 bridgehead atoms. The number of halogens is 1. The van der Waals surface area contributed by atoms with Gasteiger partial charge in [0.25, 0.3) is 5.91 Å². The maximum Gasteiger partial charge on any atom is 0.275 e. The standard InChI is InChI=1S/C24H25ClN4O3/c1-17-15-22(30)23(27-29(17)18-7-3-2-4-8-18)24(31)26-16-21(28-11-13-32-14-12-28)19-9-5-6-10-20(19)25/h2-10,15,21H,11-14,16H2,1H3,(H,26,31). The third-order valence-electron chi connectivity index (χ3n) is 5.53. The van der Waals surface area contributed by atoms with Crippen molar-refractivity contribution in [1.82, 2.24) is 20.0 Å². The van der Waals surface area contributed by atoms with Gasteiger partial charge in [0.1, 0.15) is 0 Å². The second-order valence-corrected chi connectivity index (χ2v) is 8.05. The van der Waals surface area contributed by atoms with Gasteiger partial charge < -0.3 is 10.1 Å². The van der Waals surface area contributed by atoms with Gasteiger partial charge in [0.15, 0.2) is 5.69 Å². The summed E-state index contributed by atoms with van der Waals surface area (Å²) in [6, 6.07) is 18.3. The number of hydrogen-bond acceptors (Lipinski definition) is 5. The van der Waals surface area contributed by atoms with Gasteiger partial charge in [-0.15, -0.1) is 0 Å². The van der Waals surface area contributed by atoms with E-state index in [-0.39, 0.29) is 11.7 Å². The molecule has 4 rings (SSSR count). The van der Waals surface area contributed by atoms with Crippen molar-refractivity contribution in [3.05, 3.63) is 92.9 Å². The molecule has 1 saturated heterocycles. The molecular formula is C24H25ClN4O3. The molecule has 0 aliphatic carbocycles. The Bertz CT molecular complexity index is 1140. The SMILES string of the molecule is Cc1cc(=O)c(C(=O)NCC(c2ccccc2Cl)N2CCOCC2)nn1-c1ccccc1. The van der Waals surface area contributed by atoms with Crippen LogP contribution in [0.2, 0.25) is 5.02 Å². The van der Waals surface area contributed by atoms with Gasteiger partial charge in [0, 0.05) is 36.4 Å². The molecule has 2 heterocycles. The zero-order chi connectivity index (χ0) is 22.5. The van der Waals surface area contributed by atoms with E-state index in [2.05, 4.69) is 15.3 Å². The minimum Gasteiger partial charge on any atom is -0.379 e. The summed E-state index contributed by atoms with van der Waals surface area (Å²) in [5.41, 5.74) is 1.81. The van der Waals surface area contributed by atoms with E-state index in [4.69, 9.17) is 16.3 Å². The van der Waals surface area contributed by atoms with Crippen LogP contribution < -0.4 is 10.7 Å². The molecule has 1 aromatic heterocycles. The fourth-order valence-electron chi connectivity index (χ4n) is 3.88. The Balaban J connectivity index is 1.58. The zero-order valence-corrected chi connectivity index (χ0v) is 18.6. The Morgan fingerprint density at radius 1 is 1.12 bits per heavy atom. The van der Waals surface area contributed by atoms with Crippen molar-refractivity contribution in [3.8, 4) is 5.69 Å². The van der Waals surface area contributed by atoms with Gasteiger partial charge in [-0.05, 0) is 30.7 Å². The molecule has 1 fully saturated rings. The maximum absolute atomic E-state index is 13.0. The molecule has 1 aliphatic heterocycles. The summed E-state index contributed by atoms with van der Waals surface area (Å²) < 4.78 is 7.08. The lowest BCUT2D eigenvalue weighted by atomic mass is 10.0. The van der Waals surface area contributed by atoms with Crippen molar-refractivity contribution in [2.75, 3.05) is 32.8 Å². The molecule has 2 aromatic carbocycles. The highest BCUT2D eigenvalue weighted by atomic mass is 35.5. The van der Waals surface area contributed by atoms with Crippen molar-refractivity contribution in [1.29, 1.82) is 0 Å². The number of nitrogens with one attached hydrogen (secondary N) is 1. The molecule has 166 valence electrons. The number of aromatic nitrogens is 2. The summed E-state index contributed by atoms with van der Waals surface area (Å²) >= 11 is 6.47. The van der Waals surface area contributed by atoms with Gasteiger partial charge in [0.05, 0.1) is 24.9 Å². The molecule has 0 saturated carbocycles.